The van der Waals surface area contributed by atoms with E-state index in [1.165, 1.54) is 0 Å². The van der Waals surface area contributed by atoms with Crippen LogP contribution in [0.4, 0.5) is 4.79 Å². The average molecular weight is 244 g/mol. The van der Waals surface area contributed by atoms with Gasteiger partial charge in [0.1, 0.15) is 12.4 Å². The number of hydrogen-bond donors (Lipinski definition) is 0. The second-order valence-electron chi connectivity index (χ2n) is 3.59. The predicted octanol–water partition coefficient (Wildman–Crippen LogP) is 0.910. The number of rotatable bonds is 4. The number of carbonyl (C=O) groups excluding carboxylic acids is 1. The van der Waals surface area contributed by atoms with Crippen molar-refractivity contribution in [3.05, 3.63) is 0 Å². The van der Waals surface area contributed by atoms with Gasteiger partial charge in [-0.25, -0.2) is 4.79 Å². The number of ether oxygens (including phenoxy) is 3. The van der Waals surface area contributed by atoms with Gasteiger partial charge in [-0.2, -0.15) is 4.99 Å². The molecule has 1 fully saturated rings. The van der Waals surface area contributed by atoms with Gasteiger partial charge in [-0.1, -0.05) is 6.92 Å². The van der Waals surface area contributed by atoms with Crippen LogP contribution in [0.15, 0.2) is 4.99 Å². The Bertz CT molecular complexity index is 262. The monoisotopic (exact) mass is 244 g/mol. The van der Waals surface area contributed by atoms with Crippen molar-refractivity contribution < 1.29 is 19.0 Å². The summed E-state index contributed by atoms with van der Waals surface area (Å²) < 4.78 is 14.9. The van der Waals surface area contributed by atoms with Gasteiger partial charge < -0.3 is 19.1 Å². The van der Waals surface area contributed by atoms with Crippen molar-refractivity contribution in [2.24, 2.45) is 4.99 Å². The number of hydrogen-bond acceptors (Lipinski definition) is 4. The third-order valence-corrected chi connectivity index (χ3v) is 2.43. The molecule has 6 heteroatoms. The third-order valence-electron chi connectivity index (χ3n) is 2.43. The Labute approximate surface area is 102 Å². The molecule has 1 rings (SSSR count). The molecule has 1 heterocycles. The molecule has 0 bridgehead atoms. The first-order chi connectivity index (χ1) is 8.27. The van der Waals surface area contributed by atoms with Crippen molar-refractivity contribution in [2.75, 3.05) is 46.6 Å². The highest BCUT2D eigenvalue weighted by Crippen LogP contribution is 2.03. The number of carbonyl (C=O) groups is 1. The number of amidine groups is 1. The Hall–Kier alpha value is -1.14. The number of aliphatic imine (C=N–C) groups is 1. The van der Waals surface area contributed by atoms with Crippen LogP contribution in [0.2, 0.25) is 0 Å². The molecule has 0 radical (unpaired) electrons. The van der Waals surface area contributed by atoms with Gasteiger partial charge in [0, 0.05) is 26.6 Å². The standard InChI is InChI=1S/C11H20N2O4/c1-3-10(13-4-6-16-7-5-13)12-11(14)17-9-8-15-2/h3-9H2,1-2H3. The smallest absolute Gasteiger partial charge is 0.435 e. The molecule has 6 nitrogen and oxygen atoms in total. The van der Waals surface area contributed by atoms with Crippen LogP contribution < -0.4 is 0 Å². The van der Waals surface area contributed by atoms with Crippen LogP contribution in [0.1, 0.15) is 13.3 Å². The lowest BCUT2D eigenvalue weighted by molar-refractivity contribution is 0.0668. The topological polar surface area (TPSA) is 60.4 Å². The molecule has 0 aliphatic carbocycles. The summed E-state index contributed by atoms with van der Waals surface area (Å²) in [4.78, 5) is 17.4. The summed E-state index contributed by atoms with van der Waals surface area (Å²) in [5.41, 5.74) is 0. The highest BCUT2D eigenvalue weighted by molar-refractivity contribution is 5.91. The molecule has 0 aromatic rings. The predicted molar refractivity (Wildman–Crippen MR) is 63.3 cm³/mol. The molecule has 0 unspecified atom stereocenters. The molecular formula is C11H20N2O4. The zero-order valence-corrected chi connectivity index (χ0v) is 10.5. The van der Waals surface area contributed by atoms with E-state index < -0.39 is 6.09 Å². The van der Waals surface area contributed by atoms with Crippen molar-refractivity contribution in [3.8, 4) is 0 Å². The zero-order chi connectivity index (χ0) is 12.5. The van der Waals surface area contributed by atoms with Gasteiger partial charge in [0.05, 0.1) is 19.8 Å². The molecular weight excluding hydrogens is 224 g/mol. The first-order valence-corrected chi connectivity index (χ1v) is 5.84. The van der Waals surface area contributed by atoms with Gasteiger partial charge in [-0.15, -0.1) is 0 Å². The summed E-state index contributed by atoms with van der Waals surface area (Å²) in [5.74, 6) is 0.760. The van der Waals surface area contributed by atoms with Crippen molar-refractivity contribution in [2.45, 2.75) is 13.3 Å². The molecule has 1 aliphatic heterocycles. The minimum atomic E-state index is -0.551. The Morgan fingerprint density at radius 3 is 2.65 bits per heavy atom. The van der Waals surface area contributed by atoms with E-state index in [2.05, 4.69) is 9.89 Å². The molecule has 0 spiro atoms. The van der Waals surface area contributed by atoms with E-state index in [4.69, 9.17) is 14.2 Å². The highest BCUT2D eigenvalue weighted by Gasteiger charge is 2.15. The Morgan fingerprint density at radius 2 is 2.06 bits per heavy atom. The molecule has 0 N–H and O–H groups in total. The lowest BCUT2D eigenvalue weighted by Gasteiger charge is -2.29. The fraction of sp³-hybridized carbons (Fsp3) is 0.818. The molecule has 0 atom stereocenters. The third kappa shape index (κ3) is 5.14. The van der Waals surface area contributed by atoms with Crippen LogP contribution in [0, 0.1) is 0 Å². The summed E-state index contributed by atoms with van der Waals surface area (Å²) >= 11 is 0. The summed E-state index contributed by atoms with van der Waals surface area (Å²) in [6, 6.07) is 0. The molecule has 98 valence electrons. The molecule has 0 saturated carbocycles. The molecule has 17 heavy (non-hydrogen) atoms. The molecule has 0 aromatic carbocycles. The van der Waals surface area contributed by atoms with E-state index in [0.29, 0.717) is 26.2 Å². The van der Waals surface area contributed by atoms with E-state index in [-0.39, 0.29) is 6.61 Å². The molecule has 1 aliphatic rings. The van der Waals surface area contributed by atoms with E-state index in [0.717, 1.165) is 18.9 Å². The van der Waals surface area contributed by atoms with E-state index in [1.807, 2.05) is 6.92 Å². The number of methoxy groups -OCH3 is 1. The fourth-order valence-electron chi connectivity index (χ4n) is 1.54. The molecule has 1 amide bonds. The molecule has 0 aromatic heterocycles. The maximum Gasteiger partial charge on any atom is 0.435 e. The zero-order valence-electron chi connectivity index (χ0n) is 10.5. The summed E-state index contributed by atoms with van der Waals surface area (Å²) in [6.45, 7) is 5.50. The number of morpholine rings is 1. The fourth-order valence-corrected chi connectivity index (χ4v) is 1.54. The lowest BCUT2D eigenvalue weighted by Crippen LogP contribution is -2.40. The minimum absolute atomic E-state index is 0.235. The van der Waals surface area contributed by atoms with Crippen LogP contribution >= 0.6 is 0 Å². The number of nitrogens with zero attached hydrogens (tertiary/aromatic N) is 2. The number of amides is 1. The molecule has 1 saturated heterocycles. The Balaban J connectivity index is 2.43. The maximum absolute atomic E-state index is 11.4. The van der Waals surface area contributed by atoms with Gasteiger partial charge in [-0.3, -0.25) is 0 Å². The summed E-state index contributed by atoms with van der Waals surface area (Å²) in [6.07, 6.45) is 0.157. The lowest BCUT2D eigenvalue weighted by atomic mass is 10.3. The first-order valence-electron chi connectivity index (χ1n) is 5.84. The van der Waals surface area contributed by atoms with Crippen LogP contribution in [-0.2, 0) is 14.2 Å². The SMILES string of the molecule is CCC(=NC(=O)OCCOC)N1CCOCC1. The van der Waals surface area contributed by atoms with Gasteiger partial charge in [-0.05, 0) is 0 Å². The van der Waals surface area contributed by atoms with Gasteiger partial charge >= 0.3 is 6.09 Å². The Kier molecular flexibility index (Phi) is 6.57. The minimum Gasteiger partial charge on any atom is -0.445 e. The van der Waals surface area contributed by atoms with Gasteiger partial charge in [0.2, 0.25) is 0 Å². The summed E-state index contributed by atoms with van der Waals surface area (Å²) in [7, 11) is 1.56. The van der Waals surface area contributed by atoms with Crippen molar-refractivity contribution >= 4 is 11.9 Å². The second kappa shape index (κ2) is 8.03. The van der Waals surface area contributed by atoms with E-state index in [9.17, 15) is 4.79 Å². The van der Waals surface area contributed by atoms with E-state index in [1.54, 1.807) is 7.11 Å². The maximum atomic E-state index is 11.4. The average Bonchev–Trinajstić information content (AvgIpc) is 2.37. The normalized spacial score (nSPS) is 17.1. The van der Waals surface area contributed by atoms with Crippen LogP contribution in [0.25, 0.3) is 0 Å². The first kappa shape index (κ1) is 13.9. The van der Waals surface area contributed by atoms with E-state index >= 15 is 0 Å². The quantitative estimate of drug-likeness (QED) is 0.418. The van der Waals surface area contributed by atoms with Gasteiger partial charge in [0.25, 0.3) is 0 Å². The van der Waals surface area contributed by atoms with Crippen molar-refractivity contribution in [1.29, 1.82) is 0 Å². The van der Waals surface area contributed by atoms with Crippen molar-refractivity contribution in [3.63, 3.8) is 0 Å². The van der Waals surface area contributed by atoms with Crippen molar-refractivity contribution in [1.82, 2.24) is 4.90 Å². The Morgan fingerprint density at radius 1 is 1.35 bits per heavy atom. The van der Waals surface area contributed by atoms with Crippen LogP contribution in [0.5, 0.6) is 0 Å². The largest absolute Gasteiger partial charge is 0.445 e. The van der Waals surface area contributed by atoms with Crippen LogP contribution in [-0.4, -0.2) is 63.5 Å². The van der Waals surface area contributed by atoms with Gasteiger partial charge in [0.15, 0.2) is 0 Å². The summed E-state index contributed by atoms with van der Waals surface area (Å²) in [5, 5.41) is 0. The second-order valence-corrected chi connectivity index (χ2v) is 3.59. The van der Waals surface area contributed by atoms with Crippen LogP contribution in [0.3, 0.4) is 0 Å². The highest BCUT2D eigenvalue weighted by atomic mass is 16.6.